The van der Waals surface area contributed by atoms with E-state index in [4.69, 9.17) is 0 Å². The molecular formula is C23H17F3NO2-. The lowest BCUT2D eigenvalue weighted by atomic mass is 9.80. The van der Waals surface area contributed by atoms with E-state index in [-0.39, 0.29) is 11.5 Å². The van der Waals surface area contributed by atoms with Gasteiger partial charge in [-0.05, 0) is 59.7 Å². The van der Waals surface area contributed by atoms with E-state index in [1.165, 1.54) is 6.07 Å². The maximum Gasteiger partial charge on any atom is 0.416 e. The first-order chi connectivity index (χ1) is 13.7. The topological polar surface area (TPSA) is 53.0 Å². The van der Waals surface area contributed by atoms with Gasteiger partial charge < -0.3 is 9.90 Å². The Morgan fingerprint density at radius 1 is 1.14 bits per heavy atom. The summed E-state index contributed by atoms with van der Waals surface area (Å²) in [5.41, 5.74) is 2.16. The Labute approximate surface area is 165 Å². The third-order valence-corrected chi connectivity index (χ3v) is 5.18. The number of pyridine rings is 1. The Kier molecular flexibility index (Phi) is 4.65. The number of halogens is 3. The lowest BCUT2D eigenvalue weighted by Gasteiger charge is -2.27. The Morgan fingerprint density at radius 2 is 1.90 bits per heavy atom. The summed E-state index contributed by atoms with van der Waals surface area (Å²) in [5.74, 6) is -1.15. The maximum atomic E-state index is 13.1. The van der Waals surface area contributed by atoms with E-state index in [0.29, 0.717) is 40.6 Å². The van der Waals surface area contributed by atoms with E-state index in [1.807, 2.05) is 6.92 Å². The van der Waals surface area contributed by atoms with Crippen LogP contribution < -0.4 is 5.11 Å². The number of hydrogen-bond donors (Lipinski definition) is 0. The molecule has 1 aliphatic rings. The molecule has 0 saturated heterocycles. The van der Waals surface area contributed by atoms with Gasteiger partial charge >= 0.3 is 6.18 Å². The monoisotopic (exact) mass is 396 g/mol. The quantitative estimate of drug-likeness (QED) is 0.629. The van der Waals surface area contributed by atoms with Gasteiger partial charge in [0.05, 0.1) is 22.7 Å². The zero-order valence-electron chi connectivity index (χ0n) is 15.6. The largest absolute Gasteiger partial charge is 0.545 e. The van der Waals surface area contributed by atoms with Gasteiger partial charge in [-0.25, -0.2) is 4.98 Å². The molecular weight excluding hydrogens is 379 g/mol. The molecule has 0 saturated carbocycles. The fraction of sp³-hybridized carbons (Fsp3) is 0.217. The van der Waals surface area contributed by atoms with Crippen molar-refractivity contribution in [2.24, 2.45) is 5.92 Å². The van der Waals surface area contributed by atoms with Crippen molar-refractivity contribution in [2.45, 2.75) is 25.9 Å². The second-order valence-electron chi connectivity index (χ2n) is 7.42. The van der Waals surface area contributed by atoms with E-state index in [1.54, 1.807) is 36.4 Å². The molecule has 6 heteroatoms. The van der Waals surface area contributed by atoms with Crippen LogP contribution in [0.25, 0.3) is 22.6 Å². The molecule has 0 bridgehead atoms. The molecule has 3 aromatic rings. The Bertz CT molecular complexity index is 1150. The summed E-state index contributed by atoms with van der Waals surface area (Å²) >= 11 is 0. The molecule has 1 heterocycles. The molecule has 0 fully saturated rings. The van der Waals surface area contributed by atoms with Crippen molar-refractivity contribution >= 4 is 28.5 Å². The van der Waals surface area contributed by atoms with Crippen LogP contribution in [0.1, 0.15) is 46.1 Å². The van der Waals surface area contributed by atoms with Crippen molar-refractivity contribution in [3.63, 3.8) is 0 Å². The number of alkyl halides is 3. The average Bonchev–Trinajstić information content (AvgIpc) is 2.65. The molecule has 0 amide bonds. The predicted molar refractivity (Wildman–Crippen MR) is 103 cm³/mol. The van der Waals surface area contributed by atoms with Gasteiger partial charge in [-0.1, -0.05) is 37.3 Å². The van der Waals surface area contributed by atoms with Crippen LogP contribution >= 0.6 is 0 Å². The van der Waals surface area contributed by atoms with Gasteiger partial charge in [-0.2, -0.15) is 13.2 Å². The molecule has 2 aromatic carbocycles. The first-order valence-corrected chi connectivity index (χ1v) is 9.25. The summed E-state index contributed by atoms with van der Waals surface area (Å²) in [7, 11) is 0. The van der Waals surface area contributed by atoms with Crippen LogP contribution in [0, 0.1) is 5.92 Å². The number of fused-ring (bicyclic) bond motifs is 2. The summed E-state index contributed by atoms with van der Waals surface area (Å²) in [5, 5.41) is 12.4. The van der Waals surface area contributed by atoms with E-state index in [0.717, 1.165) is 17.7 Å². The molecule has 148 valence electrons. The minimum atomic E-state index is -4.43. The number of benzene rings is 2. The SMILES string of the molecule is C[C@@H]1C/C(=C\c2cccc(C(F)(F)F)c2)c2nc3ccccc3c(C(=O)[O-])c2C1. The number of aromatic nitrogens is 1. The van der Waals surface area contributed by atoms with Crippen LogP contribution in [0.5, 0.6) is 0 Å². The zero-order chi connectivity index (χ0) is 20.8. The molecule has 1 aliphatic carbocycles. The molecule has 29 heavy (non-hydrogen) atoms. The second-order valence-corrected chi connectivity index (χ2v) is 7.42. The highest BCUT2D eigenvalue weighted by Crippen LogP contribution is 2.38. The Hall–Kier alpha value is -3.15. The summed E-state index contributed by atoms with van der Waals surface area (Å²) in [6, 6.07) is 12.0. The highest BCUT2D eigenvalue weighted by Gasteiger charge is 2.30. The molecule has 0 N–H and O–H groups in total. The summed E-state index contributed by atoms with van der Waals surface area (Å²) in [6.45, 7) is 1.98. The third-order valence-electron chi connectivity index (χ3n) is 5.18. The van der Waals surface area contributed by atoms with Crippen LogP contribution in [0.3, 0.4) is 0 Å². The van der Waals surface area contributed by atoms with Crippen LogP contribution in [-0.4, -0.2) is 11.0 Å². The van der Waals surface area contributed by atoms with Gasteiger partial charge in [-0.3, -0.25) is 0 Å². The molecule has 3 nitrogen and oxygen atoms in total. The molecule has 0 unspecified atom stereocenters. The van der Waals surface area contributed by atoms with Crippen molar-refractivity contribution in [2.75, 3.05) is 0 Å². The van der Waals surface area contributed by atoms with Gasteiger partial charge in [-0.15, -0.1) is 0 Å². The lowest BCUT2D eigenvalue weighted by molar-refractivity contribution is -0.254. The minimum absolute atomic E-state index is 0.118. The van der Waals surface area contributed by atoms with Crippen LogP contribution in [0.2, 0.25) is 0 Å². The highest BCUT2D eigenvalue weighted by atomic mass is 19.4. The van der Waals surface area contributed by atoms with Crippen molar-refractivity contribution in [1.29, 1.82) is 0 Å². The number of hydrogen-bond acceptors (Lipinski definition) is 3. The number of allylic oxidation sites excluding steroid dienone is 1. The van der Waals surface area contributed by atoms with E-state index < -0.39 is 17.7 Å². The minimum Gasteiger partial charge on any atom is -0.545 e. The number of para-hydroxylation sites is 1. The zero-order valence-corrected chi connectivity index (χ0v) is 15.6. The molecule has 0 aliphatic heterocycles. The highest BCUT2D eigenvalue weighted by molar-refractivity contribution is 6.05. The first-order valence-electron chi connectivity index (χ1n) is 9.25. The standard InChI is InChI=1S/C23H18F3NO2/c1-13-9-15(11-14-5-4-6-16(12-14)23(24,25)26)21-18(10-13)20(22(28)29)17-7-2-3-8-19(17)27-21/h2-8,11-13H,9-10H2,1H3,(H,28,29)/p-1/b15-11+/t13-/m1/s1. The molecule has 0 spiro atoms. The Balaban J connectivity index is 1.93. The van der Waals surface area contributed by atoms with Crippen LogP contribution in [0.4, 0.5) is 13.2 Å². The molecule has 4 rings (SSSR count). The number of carboxylic acid groups (broad SMARTS) is 1. The Morgan fingerprint density at radius 3 is 2.62 bits per heavy atom. The number of carbonyl (C=O) groups excluding carboxylic acids is 1. The van der Waals surface area contributed by atoms with Crippen LogP contribution in [0.15, 0.2) is 48.5 Å². The lowest BCUT2D eigenvalue weighted by Crippen LogP contribution is -2.27. The second kappa shape index (κ2) is 7.03. The number of carboxylic acids is 1. The fourth-order valence-electron chi connectivity index (χ4n) is 3.97. The number of carbonyl (C=O) groups is 1. The van der Waals surface area contributed by atoms with Crippen molar-refractivity contribution < 1.29 is 23.1 Å². The van der Waals surface area contributed by atoms with Crippen molar-refractivity contribution in [3.05, 3.63) is 76.5 Å². The average molecular weight is 396 g/mol. The van der Waals surface area contributed by atoms with Gasteiger partial charge in [0.15, 0.2) is 0 Å². The number of rotatable bonds is 2. The van der Waals surface area contributed by atoms with Crippen molar-refractivity contribution in [1.82, 2.24) is 4.98 Å². The van der Waals surface area contributed by atoms with Gasteiger partial charge in [0, 0.05) is 10.9 Å². The third kappa shape index (κ3) is 3.62. The maximum absolute atomic E-state index is 13.1. The smallest absolute Gasteiger partial charge is 0.416 e. The van der Waals surface area contributed by atoms with E-state index in [2.05, 4.69) is 4.98 Å². The normalized spacial score (nSPS) is 18.1. The predicted octanol–water partition coefficient (Wildman–Crippen LogP) is 4.74. The first kappa shape index (κ1) is 19.2. The molecule has 1 atom stereocenters. The number of nitrogens with zero attached hydrogens (tertiary/aromatic N) is 1. The fourth-order valence-corrected chi connectivity index (χ4v) is 3.97. The molecule has 1 aromatic heterocycles. The number of aromatic carboxylic acids is 1. The summed E-state index contributed by atoms with van der Waals surface area (Å²) in [6.07, 6.45) is -1.63. The van der Waals surface area contributed by atoms with Gasteiger partial charge in [0.2, 0.25) is 0 Å². The molecule has 0 radical (unpaired) electrons. The van der Waals surface area contributed by atoms with Gasteiger partial charge in [0.1, 0.15) is 0 Å². The van der Waals surface area contributed by atoms with Crippen LogP contribution in [-0.2, 0) is 12.6 Å². The summed E-state index contributed by atoms with van der Waals surface area (Å²) < 4.78 is 39.2. The van der Waals surface area contributed by atoms with Gasteiger partial charge in [0.25, 0.3) is 0 Å². The van der Waals surface area contributed by atoms with Crippen molar-refractivity contribution in [3.8, 4) is 0 Å². The van der Waals surface area contributed by atoms with E-state index >= 15 is 0 Å². The van der Waals surface area contributed by atoms with E-state index in [9.17, 15) is 23.1 Å². The summed E-state index contributed by atoms with van der Waals surface area (Å²) in [4.78, 5) is 16.6.